The maximum absolute atomic E-state index is 11.9. The second-order valence-electron chi connectivity index (χ2n) is 5.04. The van der Waals surface area contributed by atoms with Crippen LogP contribution in [-0.2, 0) is 9.53 Å². The summed E-state index contributed by atoms with van der Waals surface area (Å²) in [5, 5.41) is 2.68. The van der Waals surface area contributed by atoms with Crippen LogP contribution < -0.4 is 5.32 Å². The summed E-state index contributed by atoms with van der Waals surface area (Å²) in [5.74, 6) is -0.494. The smallest absolute Gasteiger partial charge is 0.310 e. The summed E-state index contributed by atoms with van der Waals surface area (Å²) in [6, 6.07) is 1.61. The number of rotatable bonds is 5. The number of amides is 1. The quantitative estimate of drug-likeness (QED) is 0.824. The number of nitrogens with zero attached hydrogens (tertiary/aromatic N) is 2. The van der Waals surface area contributed by atoms with E-state index < -0.39 is 5.92 Å². The molecule has 0 fully saturated rings. The van der Waals surface area contributed by atoms with Crippen LogP contribution in [0.15, 0.2) is 6.07 Å². The van der Waals surface area contributed by atoms with Crippen LogP contribution in [-0.4, -0.2) is 34.5 Å². The highest BCUT2D eigenvalue weighted by atomic mass is 16.5. The second kappa shape index (κ2) is 6.98. The van der Waals surface area contributed by atoms with E-state index in [0.717, 1.165) is 5.69 Å². The van der Waals surface area contributed by atoms with Crippen molar-refractivity contribution < 1.29 is 14.3 Å². The van der Waals surface area contributed by atoms with E-state index in [2.05, 4.69) is 15.3 Å². The normalized spacial score (nSPS) is 12.1. The van der Waals surface area contributed by atoms with Crippen LogP contribution in [0.2, 0.25) is 0 Å². The lowest BCUT2D eigenvalue weighted by Crippen LogP contribution is -2.33. The van der Waals surface area contributed by atoms with E-state index in [1.807, 2.05) is 0 Å². The van der Waals surface area contributed by atoms with Gasteiger partial charge in [0.05, 0.1) is 12.0 Å². The van der Waals surface area contributed by atoms with Gasteiger partial charge in [-0.15, -0.1) is 0 Å². The van der Waals surface area contributed by atoms with Crippen LogP contribution in [0.5, 0.6) is 0 Å². The monoisotopic (exact) mass is 279 g/mol. The molecule has 6 nitrogen and oxygen atoms in total. The van der Waals surface area contributed by atoms with Crippen molar-refractivity contribution in [3.63, 3.8) is 0 Å². The van der Waals surface area contributed by atoms with Crippen molar-refractivity contribution >= 4 is 11.9 Å². The molecule has 1 aromatic rings. The molecule has 1 rings (SSSR count). The molecule has 0 unspecified atom stereocenters. The van der Waals surface area contributed by atoms with Crippen molar-refractivity contribution in [2.24, 2.45) is 5.92 Å². The van der Waals surface area contributed by atoms with E-state index in [0.29, 0.717) is 11.5 Å². The predicted octanol–water partition coefficient (Wildman–Crippen LogP) is 1.41. The standard InChI is InChI=1S/C14H21N3O3/c1-8(2)20-14(19)9(3)7-15-13(18)12-6-10(4)16-11(5)17-12/h6,8-9H,7H2,1-5H3,(H,15,18)/t9-/m1/s1. The van der Waals surface area contributed by atoms with Crippen molar-refractivity contribution in [3.05, 3.63) is 23.3 Å². The average Bonchev–Trinajstić information content (AvgIpc) is 2.33. The third kappa shape index (κ3) is 4.95. The first-order valence-electron chi connectivity index (χ1n) is 6.60. The molecule has 0 bridgehead atoms. The highest BCUT2D eigenvalue weighted by Crippen LogP contribution is 2.03. The number of hydrogen-bond donors (Lipinski definition) is 1. The molecule has 20 heavy (non-hydrogen) atoms. The minimum absolute atomic E-state index is 0.159. The summed E-state index contributed by atoms with van der Waals surface area (Å²) in [4.78, 5) is 31.7. The van der Waals surface area contributed by atoms with Gasteiger partial charge in [0.25, 0.3) is 5.91 Å². The highest BCUT2D eigenvalue weighted by Gasteiger charge is 2.17. The lowest BCUT2D eigenvalue weighted by atomic mass is 10.2. The minimum atomic E-state index is -0.398. The van der Waals surface area contributed by atoms with E-state index in [1.165, 1.54) is 0 Å². The SMILES string of the molecule is Cc1cc(C(=O)NC[C@@H](C)C(=O)OC(C)C)nc(C)n1. The molecule has 0 radical (unpaired) electrons. The number of carbonyl (C=O) groups is 2. The fourth-order valence-electron chi connectivity index (χ4n) is 1.60. The number of aryl methyl sites for hydroxylation is 2. The van der Waals surface area contributed by atoms with E-state index >= 15 is 0 Å². The van der Waals surface area contributed by atoms with E-state index in [-0.39, 0.29) is 24.5 Å². The zero-order valence-electron chi connectivity index (χ0n) is 12.6. The number of esters is 1. The first-order valence-corrected chi connectivity index (χ1v) is 6.60. The van der Waals surface area contributed by atoms with Crippen LogP contribution in [0.3, 0.4) is 0 Å². The lowest BCUT2D eigenvalue weighted by molar-refractivity contribution is -0.151. The van der Waals surface area contributed by atoms with Gasteiger partial charge in [-0.2, -0.15) is 0 Å². The van der Waals surface area contributed by atoms with Crippen molar-refractivity contribution in [1.82, 2.24) is 15.3 Å². The Labute approximate surface area is 119 Å². The molecule has 0 aliphatic carbocycles. The number of aromatic nitrogens is 2. The van der Waals surface area contributed by atoms with Crippen LogP contribution in [0, 0.1) is 19.8 Å². The predicted molar refractivity (Wildman–Crippen MR) is 74.2 cm³/mol. The molecular weight excluding hydrogens is 258 g/mol. The second-order valence-corrected chi connectivity index (χ2v) is 5.04. The molecule has 0 spiro atoms. The molecule has 110 valence electrons. The molecule has 1 aromatic heterocycles. The molecule has 1 amide bonds. The highest BCUT2D eigenvalue weighted by molar-refractivity contribution is 5.92. The Bertz CT molecular complexity index is 480. The van der Waals surface area contributed by atoms with Crippen molar-refractivity contribution in [2.45, 2.75) is 40.7 Å². The van der Waals surface area contributed by atoms with Gasteiger partial charge >= 0.3 is 5.97 Å². The van der Waals surface area contributed by atoms with Crippen LogP contribution >= 0.6 is 0 Å². The van der Waals surface area contributed by atoms with Gasteiger partial charge in [-0.3, -0.25) is 9.59 Å². The Kier molecular flexibility index (Phi) is 5.61. The van der Waals surface area contributed by atoms with Crippen LogP contribution in [0.4, 0.5) is 0 Å². The molecule has 6 heteroatoms. The van der Waals surface area contributed by atoms with E-state index in [9.17, 15) is 9.59 Å². The first kappa shape index (κ1) is 16.1. The lowest BCUT2D eigenvalue weighted by Gasteiger charge is -2.14. The molecule has 1 N–H and O–H groups in total. The third-order valence-electron chi connectivity index (χ3n) is 2.52. The van der Waals surface area contributed by atoms with Gasteiger partial charge in [-0.05, 0) is 33.8 Å². The zero-order chi connectivity index (χ0) is 15.3. The van der Waals surface area contributed by atoms with Crippen molar-refractivity contribution in [2.75, 3.05) is 6.54 Å². The topological polar surface area (TPSA) is 81.2 Å². The summed E-state index contributed by atoms with van der Waals surface area (Å²) < 4.78 is 5.07. The van der Waals surface area contributed by atoms with Gasteiger partial charge in [0.2, 0.25) is 0 Å². The van der Waals surface area contributed by atoms with Crippen molar-refractivity contribution in [3.8, 4) is 0 Å². The van der Waals surface area contributed by atoms with Gasteiger partial charge in [0.1, 0.15) is 11.5 Å². The summed E-state index contributed by atoms with van der Waals surface area (Å²) >= 11 is 0. The maximum Gasteiger partial charge on any atom is 0.310 e. The average molecular weight is 279 g/mol. The summed E-state index contributed by atoms with van der Waals surface area (Å²) in [6.07, 6.45) is -0.159. The van der Waals surface area contributed by atoms with Crippen LogP contribution in [0.25, 0.3) is 0 Å². The van der Waals surface area contributed by atoms with Crippen LogP contribution in [0.1, 0.15) is 42.8 Å². The molecule has 0 saturated heterocycles. The molecule has 1 heterocycles. The van der Waals surface area contributed by atoms with E-state index in [4.69, 9.17) is 4.74 Å². The molecule has 0 aliphatic rings. The molecule has 0 aromatic carbocycles. The number of nitrogens with one attached hydrogen (secondary N) is 1. The van der Waals surface area contributed by atoms with Gasteiger partial charge in [-0.1, -0.05) is 6.92 Å². The van der Waals surface area contributed by atoms with Gasteiger partial charge in [0, 0.05) is 12.2 Å². The number of hydrogen-bond acceptors (Lipinski definition) is 5. The Morgan fingerprint density at radius 2 is 1.90 bits per heavy atom. The molecule has 0 saturated carbocycles. The van der Waals surface area contributed by atoms with Crippen molar-refractivity contribution in [1.29, 1.82) is 0 Å². The minimum Gasteiger partial charge on any atom is -0.463 e. The Hall–Kier alpha value is -1.98. The summed E-state index contributed by atoms with van der Waals surface area (Å²) in [6.45, 7) is 9.03. The van der Waals surface area contributed by atoms with Gasteiger partial charge in [-0.25, -0.2) is 9.97 Å². The largest absolute Gasteiger partial charge is 0.463 e. The maximum atomic E-state index is 11.9. The number of ether oxygens (including phenoxy) is 1. The van der Waals surface area contributed by atoms with E-state index in [1.54, 1.807) is 40.7 Å². The summed E-state index contributed by atoms with van der Waals surface area (Å²) in [5.41, 5.74) is 1.04. The molecule has 0 aliphatic heterocycles. The summed E-state index contributed by atoms with van der Waals surface area (Å²) in [7, 11) is 0. The third-order valence-corrected chi connectivity index (χ3v) is 2.52. The zero-order valence-corrected chi connectivity index (χ0v) is 12.6. The molecule has 1 atom stereocenters. The van der Waals surface area contributed by atoms with Gasteiger partial charge in [0.15, 0.2) is 0 Å². The first-order chi connectivity index (χ1) is 9.29. The Morgan fingerprint density at radius 1 is 1.25 bits per heavy atom. The molecular formula is C14H21N3O3. The fraction of sp³-hybridized carbons (Fsp3) is 0.571. The Morgan fingerprint density at radius 3 is 2.45 bits per heavy atom. The Balaban J connectivity index is 2.56. The fourth-order valence-corrected chi connectivity index (χ4v) is 1.60. The number of carbonyl (C=O) groups excluding carboxylic acids is 2. The van der Waals surface area contributed by atoms with Gasteiger partial charge < -0.3 is 10.1 Å².